The van der Waals surface area contributed by atoms with Crippen LogP contribution in [0.4, 0.5) is 13.2 Å². The Balaban J connectivity index is 1.47. The van der Waals surface area contributed by atoms with Gasteiger partial charge in [-0.2, -0.15) is 13.2 Å². The molecule has 250 valence electrons. The Labute approximate surface area is 268 Å². The van der Waals surface area contributed by atoms with E-state index in [0.717, 1.165) is 24.2 Å². The van der Waals surface area contributed by atoms with E-state index in [2.05, 4.69) is 16.9 Å². The molecular formula is C35H43F3N2O6. The van der Waals surface area contributed by atoms with Crippen LogP contribution in [0.25, 0.3) is 11.4 Å². The largest absolute Gasteiger partial charge is 0.494 e. The number of aromatic nitrogens is 2. The van der Waals surface area contributed by atoms with E-state index in [1.54, 1.807) is 0 Å². The average Bonchev–Trinajstić information content (AvgIpc) is 3.05. The first-order valence-corrected chi connectivity index (χ1v) is 15.9. The standard InChI is InChI=1S/C35H43F3N2O6/c1-3-5-6-7-8-12-23-44-29-18-14-26(15-19-29)32-39-24-28(25-40-32)34(42)45-30-20-16-27(17-21-30)33(41)46-31(35(36,37)38)13-10-9-11-22-43-4-2/h14-21,24-25,31H,3-13,22-23H2,1-2H3. The first-order chi connectivity index (χ1) is 22.2. The highest BCUT2D eigenvalue weighted by molar-refractivity contribution is 5.91. The first-order valence-electron chi connectivity index (χ1n) is 15.9. The van der Waals surface area contributed by atoms with Crippen molar-refractivity contribution in [3.63, 3.8) is 0 Å². The summed E-state index contributed by atoms with van der Waals surface area (Å²) in [7, 11) is 0. The molecular weight excluding hydrogens is 601 g/mol. The van der Waals surface area contributed by atoms with Crippen LogP contribution in [0.5, 0.6) is 11.5 Å². The van der Waals surface area contributed by atoms with Gasteiger partial charge in [0.25, 0.3) is 0 Å². The molecule has 1 aromatic heterocycles. The molecule has 3 rings (SSSR count). The summed E-state index contributed by atoms with van der Waals surface area (Å²) in [5, 5.41) is 0. The quantitative estimate of drug-likeness (QED) is 0.0684. The van der Waals surface area contributed by atoms with E-state index in [1.807, 2.05) is 31.2 Å². The Bertz CT molecular complexity index is 1320. The van der Waals surface area contributed by atoms with Crippen LogP contribution in [0.15, 0.2) is 60.9 Å². The maximum atomic E-state index is 13.4. The van der Waals surface area contributed by atoms with Crippen LogP contribution < -0.4 is 9.47 Å². The molecule has 0 saturated carbocycles. The number of benzene rings is 2. The second-order valence-electron chi connectivity index (χ2n) is 10.8. The second kappa shape index (κ2) is 19.5. The first kappa shape index (κ1) is 36.5. The zero-order chi connectivity index (χ0) is 33.2. The van der Waals surface area contributed by atoms with Crippen molar-refractivity contribution >= 4 is 11.9 Å². The van der Waals surface area contributed by atoms with E-state index in [4.69, 9.17) is 18.9 Å². The maximum absolute atomic E-state index is 13.4. The molecule has 8 nitrogen and oxygen atoms in total. The zero-order valence-electron chi connectivity index (χ0n) is 26.5. The van der Waals surface area contributed by atoms with Crippen LogP contribution >= 0.6 is 0 Å². The zero-order valence-corrected chi connectivity index (χ0v) is 26.5. The van der Waals surface area contributed by atoms with Crippen LogP contribution in [0.3, 0.4) is 0 Å². The Morgan fingerprint density at radius 3 is 1.98 bits per heavy atom. The monoisotopic (exact) mass is 644 g/mol. The Hall–Kier alpha value is -3.99. The van der Waals surface area contributed by atoms with E-state index in [1.165, 1.54) is 62.3 Å². The smallest absolute Gasteiger partial charge is 0.425 e. The lowest BCUT2D eigenvalue weighted by Crippen LogP contribution is -2.33. The van der Waals surface area contributed by atoms with Crippen molar-refractivity contribution in [2.75, 3.05) is 19.8 Å². The summed E-state index contributed by atoms with van der Waals surface area (Å²) in [5.74, 6) is -0.577. The van der Waals surface area contributed by atoms with Crippen LogP contribution in [0, 0.1) is 0 Å². The molecule has 0 bridgehead atoms. The molecule has 1 atom stereocenters. The van der Waals surface area contributed by atoms with Gasteiger partial charge in [0.1, 0.15) is 11.5 Å². The fourth-order valence-electron chi connectivity index (χ4n) is 4.52. The van der Waals surface area contributed by atoms with Gasteiger partial charge in [0, 0.05) is 31.2 Å². The summed E-state index contributed by atoms with van der Waals surface area (Å²) >= 11 is 0. The van der Waals surface area contributed by atoms with Gasteiger partial charge in [-0.25, -0.2) is 19.6 Å². The Morgan fingerprint density at radius 2 is 1.33 bits per heavy atom. The molecule has 0 aliphatic rings. The fourth-order valence-corrected chi connectivity index (χ4v) is 4.52. The van der Waals surface area contributed by atoms with Crippen LogP contribution in [-0.4, -0.2) is 54.0 Å². The van der Waals surface area contributed by atoms with Crippen molar-refractivity contribution < 1.29 is 41.7 Å². The topological polar surface area (TPSA) is 96.8 Å². The number of ether oxygens (including phenoxy) is 4. The minimum Gasteiger partial charge on any atom is -0.494 e. The molecule has 0 aliphatic carbocycles. The number of carbonyl (C=O) groups excluding carboxylic acids is 2. The van der Waals surface area contributed by atoms with E-state index in [9.17, 15) is 22.8 Å². The summed E-state index contributed by atoms with van der Waals surface area (Å²) in [4.78, 5) is 33.6. The van der Waals surface area contributed by atoms with Crippen molar-refractivity contribution in [3.05, 3.63) is 72.1 Å². The highest BCUT2D eigenvalue weighted by Gasteiger charge is 2.42. The summed E-state index contributed by atoms with van der Waals surface area (Å²) in [6, 6.07) is 12.5. The molecule has 0 radical (unpaired) electrons. The van der Waals surface area contributed by atoms with Crippen molar-refractivity contribution in [2.24, 2.45) is 0 Å². The number of rotatable bonds is 20. The number of unbranched alkanes of at least 4 members (excludes halogenated alkanes) is 7. The number of alkyl halides is 3. The third-order valence-corrected chi connectivity index (χ3v) is 7.14. The van der Waals surface area contributed by atoms with Gasteiger partial charge >= 0.3 is 18.1 Å². The minimum absolute atomic E-state index is 0.0869. The lowest BCUT2D eigenvalue weighted by Gasteiger charge is -2.20. The SMILES string of the molecule is CCCCCCCCOc1ccc(-c2ncc(C(=O)Oc3ccc(C(=O)OC(CCCCCOCC)C(F)(F)F)cc3)cn2)cc1. The maximum Gasteiger partial charge on any atom is 0.425 e. The van der Waals surface area contributed by atoms with Crippen LogP contribution in [0.2, 0.25) is 0 Å². The molecule has 0 fully saturated rings. The molecule has 0 saturated heterocycles. The molecule has 0 aliphatic heterocycles. The highest BCUT2D eigenvalue weighted by Crippen LogP contribution is 2.28. The molecule has 1 unspecified atom stereocenters. The van der Waals surface area contributed by atoms with Gasteiger partial charge in [0.05, 0.1) is 17.7 Å². The molecule has 0 spiro atoms. The van der Waals surface area contributed by atoms with Crippen molar-refractivity contribution in [3.8, 4) is 22.9 Å². The molecule has 2 aromatic carbocycles. The lowest BCUT2D eigenvalue weighted by molar-refractivity contribution is -0.206. The molecule has 1 heterocycles. The van der Waals surface area contributed by atoms with E-state index in [0.29, 0.717) is 38.5 Å². The second-order valence-corrected chi connectivity index (χ2v) is 10.8. The van der Waals surface area contributed by atoms with E-state index < -0.39 is 24.2 Å². The summed E-state index contributed by atoms with van der Waals surface area (Å²) in [6.45, 7) is 5.74. The van der Waals surface area contributed by atoms with E-state index in [-0.39, 0.29) is 29.7 Å². The lowest BCUT2D eigenvalue weighted by atomic mass is 10.1. The fraction of sp³-hybridized carbons (Fsp3) is 0.486. The van der Waals surface area contributed by atoms with Crippen molar-refractivity contribution in [1.82, 2.24) is 9.97 Å². The minimum atomic E-state index is -4.69. The third-order valence-electron chi connectivity index (χ3n) is 7.14. The third kappa shape index (κ3) is 12.8. The van der Waals surface area contributed by atoms with Crippen LogP contribution in [0.1, 0.15) is 98.8 Å². The van der Waals surface area contributed by atoms with Crippen molar-refractivity contribution in [1.29, 1.82) is 0 Å². The predicted molar refractivity (Wildman–Crippen MR) is 168 cm³/mol. The number of nitrogens with zero attached hydrogens (tertiary/aromatic N) is 2. The Morgan fingerprint density at radius 1 is 0.717 bits per heavy atom. The van der Waals surface area contributed by atoms with Gasteiger partial charge in [0.2, 0.25) is 0 Å². The van der Waals surface area contributed by atoms with Gasteiger partial charge in [-0.3, -0.25) is 0 Å². The number of carbonyl (C=O) groups is 2. The number of hydrogen-bond donors (Lipinski definition) is 0. The van der Waals surface area contributed by atoms with Gasteiger partial charge in [0.15, 0.2) is 11.9 Å². The number of halogens is 3. The number of esters is 2. The van der Waals surface area contributed by atoms with Crippen LogP contribution in [-0.2, 0) is 9.47 Å². The van der Waals surface area contributed by atoms with Gasteiger partial charge in [-0.1, -0.05) is 45.4 Å². The molecule has 46 heavy (non-hydrogen) atoms. The van der Waals surface area contributed by atoms with Gasteiger partial charge in [-0.05, 0) is 81.1 Å². The highest BCUT2D eigenvalue weighted by atomic mass is 19.4. The molecule has 0 amide bonds. The normalized spacial score (nSPS) is 12.0. The predicted octanol–water partition coefficient (Wildman–Crippen LogP) is 8.79. The summed E-state index contributed by atoms with van der Waals surface area (Å²) in [5.41, 5.74) is 0.751. The summed E-state index contributed by atoms with van der Waals surface area (Å²) in [6.07, 6.45) is 4.01. The summed E-state index contributed by atoms with van der Waals surface area (Å²) < 4.78 is 61.4. The van der Waals surface area contributed by atoms with Gasteiger partial charge in [-0.15, -0.1) is 0 Å². The molecule has 3 aromatic rings. The van der Waals surface area contributed by atoms with Gasteiger partial charge < -0.3 is 18.9 Å². The van der Waals surface area contributed by atoms with Crippen molar-refractivity contribution in [2.45, 2.75) is 90.3 Å². The average molecular weight is 645 g/mol. The van der Waals surface area contributed by atoms with E-state index >= 15 is 0 Å². The Kier molecular flexibility index (Phi) is 15.5. The molecule has 11 heteroatoms. The number of hydrogen-bond acceptors (Lipinski definition) is 8. The molecule has 0 N–H and O–H groups in total.